The minimum Gasteiger partial charge on any atom is -0.376 e. The first kappa shape index (κ1) is 21.0. The van der Waals surface area contributed by atoms with Crippen molar-refractivity contribution >= 4 is 22.8 Å². The number of hydrazone groups is 1. The predicted molar refractivity (Wildman–Crippen MR) is 97.8 cm³/mol. The number of methoxy groups -OCH3 is 3. The molecule has 0 aromatic heterocycles. The maximum atomic E-state index is 11.3. The summed E-state index contributed by atoms with van der Waals surface area (Å²) in [5.41, 5.74) is 2.13. The molecule has 2 aliphatic rings. The number of benzene rings is 1. The summed E-state index contributed by atoms with van der Waals surface area (Å²) in [6.45, 7) is 0.0931. The highest BCUT2D eigenvalue weighted by atomic mass is 16.7. The summed E-state index contributed by atoms with van der Waals surface area (Å²) in [5.74, 6) is 0. The fraction of sp³-hybridized carbons (Fsp3) is 0.562. The zero-order chi connectivity index (χ0) is 21.1. The normalized spacial score (nSPS) is 30.2. The van der Waals surface area contributed by atoms with Crippen molar-refractivity contribution in [3.63, 3.8) is 0 Å². The van der Waals surface area contributed by atoms with Crippen LogP contribution < -0.4 is 5.43 Å². The number of non-ortho nitro benzene ring substituents is 1. The van der Waals surface area contributed by atoms with Crippen LogP contribution in [0, 0.1) is 20.2 Å². The van der Waals surface area contributed by atoms with Crippen molar-refractivity contribution in [3.8, 4) is 0 Å². The number of nitrogens with zero attached hydrogens (tertiary/aromatic N) is 3. The zero-order valence-electron chi connectivity index (χ0n) is 15.8. The molecule has 1 aromatic rings. The molecule has 1 N–H and O–H groups in total. The number of nitrogens with one attached hydrogen (secondary N) is 1. The van der Waals surface area contributed by atoms with Gasteiger partial charge in [-0.25, -0.2) is 0 Å². The third-order valence-corrected chi connectivity index (χ3v) is 4.73. The quantitative estimate of drug-likeness (QED) is 0.507. The van der Waals surface area contributed by atoms with E-state index in [-0.39, 0.29) is 12.3 Å². The molecule has 2 saturated heterocycles. The van der Waals surface area contributed by atoms with Gasteiger partial charge in [-0.05, 0) is 6.07 Å². The number of fused-ring (bicyclic) bond motifs is 1. The number of ether oxygens (including phenoxy) is 5. The van der Waals surface area contributed by atoms with Crippen LogP contribution >= 0.6 is 0 Å². The molecular weight excluding hydrogens is 392 g/mol. The Morgan fingerprint density at radius 3 is 2.41 bits per heavy atom. The minimum absolute atomic E-state index is 0.00582. The van der Waals surface area contributed by atoms with Gasteiger partial charge in [0.05, 0.1) is 28.2 Å². The molecule has 13 heteroatoms. The van der Waals surface area contributed by atoms with E-state index in [4.69, 9.17) is 23.7 Å². The zero-order valence-corrected chi connectivity index (χ0v) is 15.8. The maximum absolute atomic E-state index is 11.3. The fourth-order valence-electron chi connectivity index (χ4n) is 3.34. The van der Waals surface area contributed by atoms with Gasteiger partial charge < -0.3 is 23.7 Å². The molecule has 2 heterocycles. The Hall–Kier alpha value is -2.71. The number of nitro benzene ring substituents is 2. The molecule has 5 atom stereocenters. The molecule has 13 nitrogen and oxygen atoms in total. The number of hydrogen-bond donors (Lipinski definition) is 1. The third-order valence-electron chi connectivity index (χ3n) is 4.73. The van der Waals surface area contributed by atoms with Gasteiger partial charge >= 0.3 is 5.69 Å². The maximum Gasteiger partial charge on any atom is 0.301 e. The third kappa shape index (κ3) is 4.04. The van der Waals surface area contributed by atoms with E-state index >= 15 is 0 Å². The van der Waals surface area contributed by atoms with Gasteiger partial charge in [-0.2, -0.15) is 5.10 Å². The molecule has 3 rings (SSSR count). The summed E-state index contributed by atoms with van der Waals surface area (Å²) in [6, 6.07) is 3.22. The fourth-order valence-corrected chi connectivity index (χ4v) is 3.34. The van der Waals surface area contributed by atoms with Crippen molar-refractivity contribution in [1.29, 1.82) is 0 Å². The van der Waals surface area contributed by atoms with Crippen LogP contribution in [0.1, 0.15) is 0 Å². The second-order valence-electron chi connectivity index (χ2n) is 6.27. The number of hydrogen-bond acceptors (Lipinski definition) is 11. The second kappa shape index (κ2) is 8.75. The molecule has 0 amide bonds. The van der Waals surface area contributed by atoms with Crippen LogP contribution in [-0.4, -0.2) is 74.2 Å². The molecule has 158 valence electrons. The molecule has 1 aromatic carbocycles. The lowest BCUT2D eigenvalue weighted by molar-refractivity contribution is -0.393. The van der Waals surface area contributed by atoms with E-state index in [2.05, 4.69) is 10.5 Å². The number of rotatable bonds is 7. The smallest absolute Gasteiger partial charge is 0.301 e. The number of nitro groups is 2. The van der Waals surface area contributed by atoms with Crippen LogP contribution in [0.25, 0.3) is 0 Å². The van der Waals surface area contributed by atoms with Crippen LogP contribution in [0.3, 0.4) is 0 Å². The Bertz CT molecular complexity index is 818. The molecule has 0 aliphatic carbocycles. The summed E-state index contributed by atoms with van der Waals surface area (Å²) >= 11 is 0. The first-order valence-electron chi connectivity index (χ1n) is 8.52. The Morgan fingerprint density at radius 1 is 1.10 bits per heavy atom. The van der Waals surface area contributed by atoms with E-state index in [0.717, 1.165) is 12.1 Å². The van der Waals surface area contributed by atoms with Crippen molar-refractivity contribution < 1.29 is 33.5 Å². The Balaban J connectivity index is 1.84. The molecule has 0 radical (unpaired) electrons. The van der Waals surface area contributed by atoms with Crippen LogP contribution in [-0.2, 0) is 23.7 Å². The van der Waals surface area contributed by atoms with Crippen molar-refractivity contribution in [2.75, 3.05) is 33.4 Å². The molecule has 0 spiro atoms. The van der Waals surface area contributed by atoms with Crippen LogP contribution in [0.2, 0.25) is 0 Å². The van der Waals surface area contributed by atoms with E-state index < -0.39 is 51.9 Å². The lowest BCUT2D eigenvalue weighted by Crippen LogP contribution is -2.59. The summed E-state index contributed by atoms with van der Waals surface area (Å²) in [4.78, 5) is 20.7. The molecule has 2 fully saturated rings. The highest BCUT2D eigenvalue weighted by Gasteiger charge is 2.52. The van der Waals surface area contributed by atoms with Crippen LogP contribution in [0.5, 0.6) is 0 Å². The first-order chi connectivity index (χ1) is 13.9. The highest BCUT2D eigenvalue weighted by Crippen LogP contribution is 2.33. The van der Waals surface area contributed by atoms with Gasteiger partial charge in [-0.1, -0.05) is 0 Å². The molecule has 2 unspecified atom stereocenters. The Labute approximate surface area is 164 Å². The minimum atomic E-state index is -0.730. The van der Waals surface area contributed by atoms with Gasteiger partial charge in [-0.3, -0.25) is 25.7 Å². The van der Waals surface area contributed by atoms with Gasteiger partial charge in [0.1, 0.15) is 30.1 Å². The molecule has 0 saturated carbocycles. The summed E-state index contributed by atoms with van der Waals surface area (Å²) in [6.07, 6.45) is -2.86. The summed E-state index contributed by atoms with van der Waals surface area (Å²) in [7, 11) is 4.49. The van der Waals surface area contributed by atoms with Crippen LogP contribution in [0.4, 0.5) is 17.1 Å². The van der Waals surface area contributed by atoms with E-state index in [9.17, 15) is 20.2 Å². The largest absolute Gasteiger partial charge is 0.376 e. The average Bonchev–Trinajstić information content (AvgIpc) is 3.12. The van der Waals surface area contributed by atoms with E-state index in [1.807, 2.05) is 0 Å². The van der Waals surface area contributed by atoms with Gasteiger partial charge in [0.15, 0.2) is 6.29 Å². The van der Waals surface area contributed by atoms with Crippen molar-refractivity contribution in [1.82, 2.24) is 0 Å². The first-order valence-corrected chi connectivity index (χ1v) is 8.52. The molecule has 29 heavy (non-hydrogen) atoms. The topological polar surface area (TPSA) is 157 Å². The number of anilines is 1. The lowest BCUT2D eigenvalue weighted by atomic mass is 9.97. The lowest BCUT2D eigenvalue weighted by Gasteiger charge is -2.41. The van der Waals surface area contributed by atoms with Crippen molar-refractivity contribution in [2.45, 2.75) is 30.7 Å². The standard InChI is InChI=1S/C16H20N4O9/c1-25-13-14-12(29-16(27-3)15(13)26-2)10(7-28-14)18-17-9-5-4-8(19(21)22)6-11(9)20(23)24/h4-6,12-17H,7H2,1-3H3/b18-10-/t12?,13-,14?,15+,16-/m0/s1. The molecular formula is C16H20N4O9. The van der Waals surface area contributed by atoms with E-state index in [1.165, 1.54) is 27.4 Å². The second-order valence-corrected chi connectivity index (χ2v) is 6.27. The van der Waals surface area contributed by atoms with Gasteiger partial charge in [-0.15, -0.1) is 0 Å². The Morgan fingerprint density at radius 2 is 1.83 bits per heavy atom. The van der Waals surface area contributed by atoms with E-state index in [1.54, 1.807) is 0 Å². The highest BCUT2D eigenvalue weighted by molar-refractivity contribution is 5.93. The summed E-state index contributed by atoms with van der Waals surface area (Å²) < 4.78 is 27.8. The van der Waals surface area contributed by atoms with Gasteiger partial charge in [0.25, 0.3) is 5.69 Å². The monoisotopic (exact) mass is 412 g/mol. The van der Waals surface area contributed by atoms with Crippen molar-refractivity contribution in [3.05, 3.63) is 38.4 Å². The Kier molecular flexibility index (Phi) is 6.34. The average molecular weight is 412 g/mol. The molecule has 0 bridgehead atoms. The van der Waals surface area contributed by atoms with E-state index in [0.29, 0.717) is 5.71 Å². The van der Waals surface area contributed by atoms with Gasteiger partial charge in [0, 0.05) is 27.4 Å². The van der Waals surface area contributed by atoms with Crippen molar-refractivity contribution in [2.24, 2.45) is 5.10 Å². The SMILES string of the molecule is CO[C@H]1OC2/C(=N\Nc3ccc([N+](=O)[O-])cc3[N+](=O)[O-])COC2[C@H](OC)[C@H]1OC. The summed E-state index contributed by atoms with van der Waals surface area (Å²) in [5, 5.41) is 26.3. The predicted octanol–water partition coefficient (Wildman–Crippen LogP) is 1.07. The van der Waals surface area contributed by atoms with Crippen LogP contribution in [0.15, 0.2) is 23.3 Å². The molecule has 2 aliphatic heterocycles. The van der Waals surface area contributed by atoms with Gasteiger partial charge in [0.2, 0.25) is 0 Å².